The van der Waals surface area contributed by atoms with E-state index in [1.54, 1.807) is 0 Å². The van der Waals surface area contributed by atoms with Crippen LogP contribution in [0.5, 0.6) is 0 Å². The number of rotatable bonds is 2. The molecule has 0 aromatic carbocycles. The minimum atomic E-state index is -1.12. The van der Waals surface area contributed by atoms with Gasteiger partial charge in [-0.2, -0.15) is 0 Å². The van der Waals surface area contributed by atoms with Crippen molar-refractivity contribution in [2.24, 2.45) is 0 Å². The number of nitrogens with two attached hydrogens (primary N) is 1. The topological polar surface area (TPSA) is 76.2 Å². The minimum Gasteiger partial charge on any atom is -0.478 e. The molecule has 1 rings (SSSR count). The Kier molecular flexibility index (Phi) is 2.67. The molecule has 0 spiro atoms. The number of carbonyl (C=O) groups is 1. The maximum absolute atomic E-state index is 10.5. The van der Waals surface area contributed by atoms with Crippen LogP contribution in [0.25, 0.3) is 5.57 Å². The van der Waals surface area contributed by atoms with Gasteiger partial charge in [-0.25, -0.2) is 9.78 Å². The van der Waals surface area contributed by atoms with Gasteiger partial charge in [0.2, 0.25) is 0 Å². The fourth-order valence-electron chi connectivity index (χ4n) is 0.623. The number of nitrogen functional groups attached to an aromatic ring is 1. The van der Waals surface area contributed by atoms with Gasteiger partial charge in [-0.15, -0.1) is 11.3 Å². The van der Waals surface area contributed by atoms with Crippen LogP contribution in [-0.4, -0.2) is 16.1 Å². The highest BCUT2D eigenvalue weighted by Crippen LogP contribution is 2.19. The van der Waals surface area contributed by atoms with E-state index in [1.165, 1.54) is 16.7 Å². The number of thiazole rings is 1. The number of aromatic nitrogens is 1. The molecule has 1 aromatic rings. The van der Waals surface area contributed by atoms with Crippen LogP contribution in [0.15, 0.2) is 10.9 Å². The van der Waals surface area contributed by atoms with E-state index in [1.807, 2.05) is 0 Å². The van der Waals surface area contributed by atoms with Gasteiger partial charge < -0.3 is 10.8 Å². The molecule has 0 saturated carbocycles. The van der Waals surface area contributed by atoms with Gasteiger partial charge in [-0.3, -0.25) is 0 Å². The molecule has 0 atom stereocenters. The smallest absolute Gasteiger partial charge is 0.338 e. The van der Waals surface area contributed by atoms with E-state index in [-0.39, 0.29) is 5.57 Å². The lowest BCUT2D eigenvalue weighted by atomic mass is 10.2. The third-order valence-corrected chi connectivity index (χ3v) is 2.03. The minimum absolute atomic E-state index is 0.0513. The van der Waals surface area contributed by atoms with Crippen molar-refractivity contribution in [3.8, 4) is 0 Å². The van der Waals surface area contributed by atoms with Crippen molar-refractivity contribution in [3.63, 3.8) is 0 Å². The maximum Gasteiger partial charge on any atom is 0.338 e. The average Bonchev–Trinajstić information content (AvgIpc) is 2.37. The molecule has 0 saturated heterocycles. The summed E-state index contributed by atoms with van der Waals surface area (Å²) in [6.45, 7) is 0. The first-order chi connectivity index (χ1) is 5.65. The Labute approximate surface area is 77.3 Å². The molecule has 0 fully saturated rings. The van der Waals surface area contributed by atoms with Crippen molar-refractivity contribution in [3.05, 3.63) is 16.6 Å². The monoisotopic (exact) mass is 204 g/mol. The predicted octanol–water partition coefficient (Wildman–Crippen LogP) is 1.39. The lowest BCUT2D eigenvalue weighted by Gasteiger charge is -1.92. The normalized spacial score (nSPS) is 11.6. The number of carboxylic acid groups (broad SMARTS) is 1. The third kappa shape index (κ3) is 1.75. The summed E-state index contributed by atoms with van der Waals surface area (Å²) in [5.74, 6) is -1.12. The second kappa shape index (κ2) is 3.55. The van der Waals surface area contributed by atoms with Crippen molar-refractivity contribution in [1.82, 2.24) is 4.98 Å². The number of aliphatic carboxylic acids is 1. The number of anilines is 1. The lowest BCUT2D eigenvalue weighted by Crippen LogP contribution is -1.99. The van der Waals surface area contributed by atoms with E-state index in [4.69, 9.17) is 22.4 Å². The first-order valence-electron chi connectivity index (χ1n) is 2.90. The Morgan fingerprint density at radius 1 is 1.83 bits per heavy atom. The Morgan fingerprint density at radius 3 is 2.83 bits per heavy atom. The summed E-state index contributed by atoms with van der Waals surface area (Å²) in [5.41, 5.74) is 6.52. The Hall–Kier alpha value is -1.07. The molecular formula is C6H5ClN2O2S. The molecule has 64 valence electrons. The Morgan fingerprint density at radius 2 is 2.50 bits per heavy atom. The number of halogens is 1. The molecule has 12 heavy (non-hydrogen) atoms. The molecule has 0 radical (unpaired) electrons. The van der Waals surface area contributed by atoms with Gasteiger partial charge in [0, 0.05) is 10.9 Å². The number of carboxylic acids is 1. The molecule has 1 heterocycles. The predicted molar refractivity (Wildman–Crippen MR) is 48.0 cm³/mol. The zero-order valence-corrected chi connectivity index (χ0v) is 7.39. The first kappa shape index (κ1) is 9.02. The Balaban J connectivity index is 3.04. The molecule has 0 aliphatic carbocycles. The van der Waals surface area contributed by atoms with E-state index in [0.29, 0.717) is 10.8 Å². The van der Waals surface area contributed by atoms with E-state index in [2.05, 4.69) is 4.98 Å². The van der Waals surface area contributed by atoms with Crippen molar-refractivity contribution >= 4 is 39.6 Å². The standard InChI is InChI=1S/C6H5ClN2O2S/c7-1-3(5(10)11)4-2-12-6(8)9-4/h1-2H,(H2,8,9)(H,10,11). The second-order valence-electron chi connectivity index (χ2n) is 1.90. The van der Waals surface area contributed by atoms with Crippen molar-refractivity contribution in [2.75, 3.05) is 5.73 Å². The number of hydrogen-bond acceptors (Lipinski definition) is 4. The number of nitrogens with zero attached hydrogens (tertiary/aromatic N) is 1. The van der Waals surface area contributed by atoms with Crippen LogP contribution in [0.2, 0.25) is 0 Å². The summed E-state index contributed by atoms with van der Waals surface area (Å²) in [4.78, 5) is 14.3. The zero-order chi connectivity index (χ0) is 9.14. The zero-order valence-electron chi connectivity index (χ0n) is 5.82. The summed E-state index contributed by atoms with van der Waals surface area (Å²) in [6.07, 6.45) is 0. The van der Waals surface area contributed by atoms with Gasteiger partial charge in [-0.1, -0.05) is 11.6 Å². The number of hydrogen-bond donors (Lipinski definition) is 2. The molecule has 6 heteroatoms. The van der Waals surface area contributed by atoms with Crippen molar-refractivity contribution in [2.45, 2.75) is 0 Å². The quantitative estimate of drug-likeness (QED) is 0.714. The molecule has 0 amide bonds. The van der Waals surface area contributed by atoms with Crippen LogP contribution in [0, 0.1) is 0 Å². The fraction of sp³-hybridized carbons (Fsp3) is 0. The first-order valence-corrected chi connectivity index (χ1v) is 4.22. The van der Waals surface area contributed by atoms with Crippen LogP contribution < -0.4 is 5.73 Å². The molecule has 0 aliphatic rings. The van der Waals surface area contributed by atoms with Crippen LogP contribution in [-0.2, 0) is 4.79 Å². The van der Waals surface area contributed by atoms with Crippen molar-refractivity contribution in [1.29, 1.82) is 0 Å². The largest absolute Gasteiger partial charge is 0.478 e. The van der Waals surface area contributed by atoms with E-state index in [9.17, 15) is 4.79 Å². The van der Waals surface area contributed by atoms with E-state index < -0.39 is 5.97 Å². The van der Waals surface area contributed by atoms with Gasteiger partial charge in [-0.05, 0) is 0 Å². The van der Waals surface area contributed by atoms with E-state index in [0.717, 1.165) is 5.54 Å². The van der Waals surface area contributed by atoms with Crippen LogP contribution in [0.1, 0.15) is 5.69 Å². The summed E-state index contributed by atoms with van der Waals surface area (Å²) in [5, 5.41) is 10.5. The average molecular weight is 205 g/mol. The van der Waals surface area contributed by atoms with Crippen molar-refractivity contribution < 1.29 is 9.90 Å². The molecular weight excluding hydrogens is 200 g/mol. The van der Waals surface area contributed by atoms with E-state index >= 15 is 0 Å². The molecule has 0 bridgehead atoms. The third-order valence-electron chi connectivity index (χ3n) is 1.14. The second-order valence-corrected chi connectivity index (χ2v) is 3.01. The molecule has 3 N–H and O–H groups in total. The molecule has 0 aliphatic heterocycles. The highest BCUT2D eigenvalue weighted by Gasteiger charge is 2.12. The Bertz CT molecular complexity index is 334. The van der Waals surface area contributed by atoms with Gasteiger partial charge in [0.25, 0.3) is 0 Å². The molecule has 1 aromatic heterocycles. The molecule has 0 unspecified atom stereocenters. The van der Waals surface area contributed by atoms with Gasteiger partial charge in [0.15, 0.2) is 5.13 Å². The lowest BCUT2D eigenvalue weighted by molar-refractivity contribution is -0.130. The van der Waals surface area contributed by atoms with Gasteiger partial charge in [0.05, 0.1) is 11.3 Å². The fourth-order valence-corrected chi connectivity index (χ4v) is 1.39. The summed E-state index contributed by atoms with van der Waals surface area (Å²) >= 11 is 6.46. The van der Waals surface area contributed by atoms with Gasteiger partial charge in [0.1, 0.15) is 0 Å². The summed E-state index contributed by atoms with van der Waals surface area (Å²) < 4.78 is 0. The van der Waals surface area contributed by atoms with Crippen LogP contribution in [0.4, 0.5) is 5.13 Å². The van der Waals surface area contributed by atoms with Gasteiger partial charge >= 0.3 is 5.97 Å². The van der Waals surface area contributed by atoms with Crippen LogP contribution >= 0.6 is 22.9 Å². The van der Waals surface area contributed by atoms with Crippen LogP contribution in [0.3, 0.4) is 0 Å². The summed E-state index contributed by atoms with van der Waals surface area (Å²) in [6, 6.07) is 0. The summed E-state index contributed by atoms with van der Waals surface area (Å²) in [7, 11) is 0. The molecule has 4 nitrogen and oxygen atoms in total. The maximum atomic E-state index is 10.5. The highest BCUT2D eigenvalue weighted by molar-refractivity contribution is 7.13. The highest BCUT2D eigenvalue weighted by atomic mass is 35.5. The SMILES string of the molecule is Nc1nc(C(=CCl)C(=O)O)cs1.